The van der Waals surface area contributed by atoms with Crippen LogP contribution in [0.1, 0.15) is 176 Å². The van der Waals surface area contributed by atoms with Gasteiger partial charge in [-0.25, -0.2) is 49.5 Å². The number of hydrogen-bond donors (Lipinski definition) is 4. The van der Waals surface area contributed by atoms with Crippen molar-refractivity contribution in [1.82, 2.24) is 87.5 Å². The molecular weight excluding hydrogens is 1030 g/mol. The van der Waals surface area contributed by atoms with E-state index in [9.17, 15) is 24.0 Å². The lowest BCUT2D eigenvalue weighted by molar-refractivity contribution is 0.0959. The van der Waals surface area contributed by atoms with E-state index in [-0.39, 0.29) is 52.1 Å². The zero-order chi connectivity index (χ0) is 60.7. The summed E-state index contributed by atoms with van der Waals surface area (Å²) >= 11 is 0. The number of carbonyl (C=O) groups is 1. The molecule has 24 nitrogen and oxygen atoms in total. The van der Waals surface area contributed by atoms with Crippen molar-refractivity contribution in [2.24, 2.45) is 0 Å². The third-order valence-electron chi connectivity index (χ3n) is 12.7. The highest BCUT2D eigenvalue weighted by atomic mass is 16.2. The number of H-pyrrole nitrogens is 2. The minimum Gasteiger partial charge on any atom is -0.330 e. The fourth-order valence-corrected chi connectivity index (χ4v) is 8.22. The lowest BCUT2D eigenvalue weighted by Gasteiger charge is -2.26. The predicted octanol–water partition coefficient (Wildman–Crippen LogP) is 8.79. The highest BCUT2D eigenvalue weighted by molar-refractivity contribution is 6.00. The Morgan fingerprint density at radius 2 is 1.02 bits per heavy atom. The highest BCUT2D eigenvalue weighted by Crippen LogP contribution is 2.27. The van der Waals surface area contributed by atoms with Crippen molar-refractivity contribution in [2.45, 2.75) is 181 Å². The molecule has 9 aromatic heterocycles. The van der Waals surface area contributed by atoms with Gasteiger partial charge in [-0.3, -0.25) is 28.5 Å². The Morgan fingerprint density at radius 3 is 1.58 bits per heavy atom. The van der Waals surface area contributed by atoms with Crippen LogP contribution < -0.4 is 33.1 Å². The van der Waals surface area contributed by atoms with Crippen molar-refractivity contribution >= 4 is 45.1 Å². The van der Waals surface area contributed by atoms with Crippen molar-refractivity contribution in [2.75, 3.05) is 5.32 Å². The molecule has 1 aliphatic heterocycles. The molecule has 0 saturated heterocycles. The Balaban J connectivity index is 0.000000179. The summed E-state index contributed by atoms with van der Waals surface area (Å²) in [7, 11) is 0. The van der Waals surface area contributed by atoms with Gasteiger partial charge in [0.05, 0.1) is 30.4 Å². The summed E-state index contributed by atoms with van der Waals surface area (Å²) < 4.78 is 11.2. The van der Waals surface area contributed by atoms with Crippen LogP contribution in [-0.4, -0.2) is 88.1 Å². The van der Waals surface area contributed by atoms with E-state index in [1.165, 1.54) is 4.57 Å². The van der Waals surface area contributed by atoms with Gasteiger partial charge in [0.25, 0.3) is 17.0 Å². The monoisotopic (exact) mass is 1110 g/mol. The third-order valence-corrected chi connectivity index (χ3v) is 12.7. The molecule has 1 amide bonds. The van der Waals surface area contributed by atoms with Gasteiger partial charge in [-0.05, 0) is 157 Å². The number of aryl methyl sites for hydroxylation is 8. The van der Waals surface area contributed by atoms with Crippen LogP contribution in [0.15, 0.2) is 75.2 Å². The first-order valence-corrected chi connectivity index (χ1v) is 26.9. The second-order valence-electron chi connectivity index (χ2n) is 22.2. The summed E-state index contributed by atoms with van der Waals surface area (Å²) in [5.41, 5.74) is 7.70. The van der Waals surface area contributed by atoms with Crippen LogP contribution in [0, 0.1) is 55.4 Å². The number of nitrogens with zero attached hydrogens (tertiary/aromatic N) is 15. The van der Waals surface area contributed by atoms with Gasteiger partial charge in [0.1, 0.15) is 40.3 Å². The number of fused-ring (bicyclic) bond motifs is 4. The number of aromatic nitrogens is 17. The van der Waals surface area contributed by atoms with Crippen LogP contribution in [0.2, 0.25) is 0 Å². The lowest BCUT2D eigenvalue weighted by atomic mass is 10.1. The molecule has 0 radical (unpaired) electrons. The largest absolute Gasteiger partial charge is 0.348 e. The molecule has 0 spiro atoms. The molecule has 1 aliphatic rings. The first-order valence-electron chi connectivity index (χ1n) is 26.9. The molecule has 0 atom stereocenters. The van der Waals surface area contributed by atoms with E-state index in [4.69, 9.17) is 0 Å². The second-order valence-corrected chi connectivity index (χ2v) is 22.2. The van der Waals surface area contributed by atoms with Gasteiger partial charge in [-0.1, -0.05) is 6.58 Å². The van der Waals surface area contributed by atoms with Gasteiger partial charge in [0.15, 0.2) is 22.5 Å². The SMILES string of the molecule is C=C1NC(=O)c2ncn(C(C)(C)C)c2N1.Cc1cn(C(C)C)c(=O)[nH]c1=O.Cc1cn(C(C)C)c(=O)nc1C.Cc1nc(C)c2ccn(C(C)C)c2n1.Cc1nc(C)c2ncn(C(C)C)c2n1.Cc1nc2c(ncn2C(C)C)c(=O)[nH]1. The molecule has 10 heterocycles. The van der Waals surface area contributed by atoms with Gasteiger partial charge in [0.2, 0.25) is 0 Å². The van der Waals surface area contributed by atoms with Crippen molar-refractivity contribution in [3.8, 4) is 0 Å². The fraction of sp³-hybridized carbons (Fsp3) is 0.474. The van der Waals surface area contributed by atoms with E-state index >= 15 is 0 Å². The van der Waals surface area contributed by atoms with Gasteiger partial charge in [0, 0.05) is 71.0 Å². The van der Waals surface area contributed by atoms with Gasteiger partial charge in [-0.15, -0.1) is 0 Å². The average molecular weight is 1110 g/mol. The Hall–Kier alpha value is -8.70. The van der Waals surface area contributed by atoms with E-state index in [1.54, 1.807) is 37.3 Å². The molecule has 0 aliphatic carbocycles. The smallest absolute Gasteiger partial charge is 0.330 e. The molecule has 10 rings (SSSR count). The number of anilines is 1. The molecule has 434 valence electrons. The number of imidazole rings is 3. The third kappa shape index (κ3) is 15.4. The van der Waals surface area contributed by atoms with Crippen LogP contribution in [0.4, 0.5) is 5.82 Å². The Labute approximate surface area is 471 Å². The van der Waals surface area contributed by atoms with Crippen molar-refractivity contribution in [3.05, 3.63) is 149 Å². The van der Waals surface area contributed by atoms with Gasteiger partial charge >= 0.3 is 11.4 Å². The maximum Gasteiger partial charge on any atom is 0.348 e. The van der Waals surface area contributed by atoms with E-state index in [1.807, 2.05) is 126 Å². The molecule has 0 fully saturated rings. The number of nitrogens with one attached hydrogen (secondary N) is 4. The quantitative estimate of drug-likeness (QED) is 0.125. The summed E-state index contributed by atoms with van der Waals surface area (Å²) in [6.07, 6.45) is 10.7. The number of carbonyl (C=O) groups excluding carboxylic acids is 1. The molecule has 0 saturated carbocycles. The first-order chi connectivity index (χ1) is 37.7. The van der Waals surface area contributed by atoms with Crippen LogP contribution in [0.5, 0.6) is 0 Å². The lowest BCUT2D eigenvalue weighted by Crippen LogP contribution is -2.34. The van der Waals surface area contributed by atoms with Gasteiger partial charge < -0.3 is 33.9 Å². The molecule has 81 heavy (non-hydrogen) atoms. The zero-order valence-electron chi connectivity index (χ0n) is 50.9. The number of amides is 1. The summed E-state index contributed by atoms with van der Waals surface area (Å²) in [5.74, 6) is 3.24. The normalized spacial score (nSPS) is 12.0. The van der Waals surface area contributed by atoms with E-state index < -0.39 is 0 Å². The maximum absolute atomic E-state index is 11.5. The van der Waals surface area contributed by atoms with Gasteiger partial charge in [-0.2, -0.15) is 4.98 Å². The Morgan fingerprint density at radius 1 is 0.506 bits per heavy atom. The molecule has 0 unspecified atom stereocenters. The zero-order valence-corrected chi connectivity index (χ0v) is 50.9. The topological polar surface area (TPSA) is 287 Å². The van der Waals surface area contributed by atoms with Crippen molar-refractivity contribution in [1.29, 1.82) is 0 Å². The number of aromatic amines is 2. The summed E-state index contributed by atoms with van der Waals surface area (Å²) in [6.45, 7) is 45.2. The molecule has 24 heteroatoms. The van der Waals surface area contributed by atoms with Crippen LogP contribution in [0.25, 0.3) is 33.4 Å². The summed E-state index contributed by atoms with van der Waals surface area (Å²) in [6, 6.07) is 3.44. The standard InChI is InChI=1S/C11H15N3.C10H14N4O.C10H14N4.C9H12N4O.C9H14N2O.C8H12N2O2/c1-7(2)14-6-5-10-8(3)12-9(4)13-11(10)14;1-6-12-8-7(9(15)13-6)11-5-14(8)10(2,3)4;1-6(2)14-5-11-9-7(3)12-8(4)13-10(9)14;1-5(2)13-4-10-7-8(13)11-6(3)12-9(7)14;1-6(2)11-5-7(3)8(4)10-9(11)12;1-5(2)10-4-6(3)7(11)9-8(10)12/h5-7H,1-4H3;5,12H,1H2,2-4H3,(H,13,15);5-6H,1-4H3;4-5H,1-3H3,(H,11,12,14);5-6H,1-4H3;4-5H,1-3H3,(H,9,11,12). The van der Waals surface area contributed by atoms with Crippen molar-refractivity contribution < 1.29 is 4.79 Å². The molecule has 0 bridgehead atoms. The molecule has 4 N–H and O–H groups in total. The minimum atomic E-state index is -0.347. The molecular formula is C57H81N19O5. The van der Waals surface area contributed by atoms with E-state index in [0.717, 1.165) is 56.5 Å². The van der Waals surface area contributed by atoms with E-state index in [0.29, 0.717) is 52.0 Å². The summed E-state index contributed by atoms with van der Waals surface area (Å²) in [4.78, 5) is 99.4. The Kier molecular flexibility index (Phi) is 20.3. The second kappa shape index (κ2) is 26.1. The molecule has 0 aromatic carbocycles. The van der Waals surface area contributed by atoms with Crippen LogP contribution in [-0.2, 0) is 5.54 Å². The number of hydrogen-bond acceptors (Lipinski definition) is 15. The predicted molar refractivity (Wildman–Crippen MR) is 318 cm³/mol. The number of rotatable bonds is 5. The highest BCUT2D eigenvalue weighted by Gasteiger charge is 2.28. The maximum atomic E-state index is 11.5. The Bertz CT molecular complexity index is 3850. The first kappa shape index (κ1) is 63.1. The molecule has 9 aromatic rings. The average Bonchev–Trinajstić information content (AvgIpc) is 4.26. The van der Waals surface area contributed by atoms with Crippen LogP contribution >= 0.6 is 0 Å². The van der Waals surface area contributed by atoms with E-state index in [2.05, 4.69) is 121 Å². The summed E-state index contributed by atoms with van der Waals surface area (Å²) in [5, 5.41) is 6.76. The fourth-order valence-electron chi connectivity index (χ4n) is 8.22. The van der Waals surface area contributed by atoms with Crippen LogP contribution in [0.3, 0.4) is 0 Å². The van der Waals surface area contributed by atoms with Crippen molar-refractivity contribution in [3.63, 3.8) is 0 Å². The minimum absolute atomic E-state index is 0.0769.